The first-order chi connectivity index (χ1) is 17.2. The molecule has 0 spiro atoms. The molecule has 0 saturated heterocycles. The maximum Gasteiger partial charge on any atom is 0.326 e. The second-order valence-electron chi connectivity index (χ2n) is 8.47. The van der Waals surface area contributed by atoms with E-state index in [4.69, 9.17) is 5.73 Å². The summed E-state index contributed by atoms with van der Waals surface area (Å²) in [5.41, 5.74) is 8.12. The molecule has 188 valence electrons. The molecule has 9 nitrogen and oxygen atoms in total. The monoisotopic (exact) mass is 491 g/mol. The van der Waals surface area contributed by atoms with E-state index in [1.807, 2.05) is 36.4 Å². The van der Waals surface area contributed by atoms with Gasteiger partial charge in [-0.05, 0) is 35.2 Å². The summed E-state index contributed by atoms with van der Waals surface area (Å²) in [6.45, 7) is 0. The summed E-state index contributed by atoms with van der Waals surface area (Å²) in [5.74, 6) is -3.25. The average molecular weight is 492 g/mol. The van der Waals surface area contributed by atoms with Crippen LogP contribution in [0.25, 0.3) is 0 Å². The smallest absolute Gasteiger partial charge is 0.326 e. The average Bonchev–Trinajstić information content (AvgIpc) is 2.86. The number of phenols is 2. The van der Waals surface area contributed by atoms with Crippen molar-refractivity contribution in [3.05, 3.63) is 95.6 Å². The van der Waals surface area contributed by atoms with E-state index in [0.29, 0.717) is 5.56 Å². The molecule has 0 aromatic heterocycles. The zero-order valence-corrected chi connectivity index (χ0v) is 19.5. The van der Waals surface area contributed by atoms with E-state index in [1.54, 1.807) is 24.3 Å². The standard InChI is InChI=1S/C27H29N3O6/c28-20(13-17-7-3-1-4-8-17)25(33)29-21(14-18-9-5-2-6-10-18)26(34)30-22(27(35)36)15-19-11-12-23(31)24(32)16-19/h1-12,16,20-22,31-32H,13-15,28H2,(H,29,33)(H,30,34)(H,35,36)/t20-,21-,22-/m0/s1. The van der Waals surface area contributed by atoms with Crippen LogP contribution >= 0.6 is 0 Å². The number of carbonyl (C=O) groups is 3. The minimum Gasteiger partial charge on any atom is -0.504 e. The van der Waals surface area contributed by atoms with Gasteiger partial charge in [0, 0.05) is 12.8 Å². The lowest BCUT2D eigenvalue weighted by molar-refractivity contribution is -0.142. The van der Waals surface area contributed by atoms with E-state index in [1.165, 1.54) is 18.2 Å². The molecule has 0 bridgehead atoms. The van der Waals surface area contributed by atoms with E-state index in [-0.39, 0.29) is 25.0 Å². The van der Waals surface area contributed by atoms with Crippen LogP contribution in [0.15, 0.2) is 78.9 Å². The molecule has 9 heteroatoms. The highest BCUT2D eigenvalue weighted by molar-refractivity contribution is 5.92. The first-order valence-corrected chi connectivity index (χ1v) is 11.4. The first kappa shape index (κ1) is 26.2. The Morgan fingerprint density at radius 1 is 0.667 bits per heavy atom. The quantitative estimate of drug-likeness (QED) is 0.222. The lowest BCUT2D eigenvalue weighted by Crippen LogP contribution is -2.55. The van der Waals surface area contributed by atoms with Crippen molar-refractivity contribution in [3.8, 4) is 11.5 Å². The largest absolute Gasteiger partial charge is 0.504 e. The van der Waals surface area contributed by atoms with Crippen LogP contribution in [0.2, 0.25) is 0 Å². The lowest BCUT2D eigenvalue weighted by atomic mass is 10.0. The fraction of sp³-hybridized carbons (Fsp3) is 0.222. The maximum atomic E-state index is 13.2. The highest BCUT2D eigenvalue weighted by Gasteiger charge is 2.28. The number of hydrogen-bond donors (Lipinski definition) is 6. The first-order valence-electron chi connectivity index (χ1n) is 11.4. The number of aliphatic carboxylic acids is 1. The van der Waals surface area contributed by atoms with E-state index in [2.05, 4.69) is 10.6 Å². The highest BCUT2D eigenvalue weighted by atomic mass is 16.4. The molecule has 2 amide bonds. The number of carbonyl (C=O) groups excluding carboxylic acids is 2. The van der Waals surface area contributed by atoms with Crippen molar-refractivity contribution in [1.82, 2.24) is 10.6 Å². The van der Waals surface area contributed by atoms with Gasteiger partial charge in [-0.2, -0.15) is 0 Å². The predicted octanol–water partition coefficient (Wildman–Crippen LogP) is 1.51. The van der Waals surface area contributed by atoms with Crippen LogP contribution in [0.5, 0.6) is 11.5 Å². The molecule has 0 aliphatic heterocycles. The molecular formula is C27H29N3O6. The SMILES string of the molecule is N[C@@H](Cc1ccccc1)C(=O)N[C@@H](Cc1ccccc1)C(=O)N[C@@H](Cc1ccc(O)c(O)c1)C(=O)O. The molecular weight excluding hydrogens is 462 g/mol. The third-order valence-electron chi connectivity index (χ3n) is 5.65. The van der Waals surface area contributed by atoms with Crippen LogP contribution < -0.4 is 16.4 Å². The van der Waals surface area contributed by atoms with Crippen molar-refractivity contribution in [2.75, 3.05) is 0 Å². The molecule has 0 fully saturated rings. The van der Waals surface area contributed by atoms with Gasteiger partial charge in [0.15, 0.2) is 11.5 Å². The van der Waals surface area contributed by atoms with Crippen molar-refractivity contribution in [3.63, 3.8) is 0 Å². The molecule has 3 aromatic carbocycles. The second-order valence-corrected chi connectivity index (χ2v) is 8.47. The van der Waals surface area contributed by atoms with Gasteiger partial charge in [0.1, 0.15) is 12.1 Å². The normalized spacial score (nSPS) is 13.2. The van der Waals surface area contributed by atoms with E-state index >= 15 is 0 Å². The maximum absolute atomic E-state index is 13.2. The summed E-state index contributed by atoms with van der Waals surface area (Å²) in [7, 11) is 0. The van der Waals surface area contributed by atoms with E-state index in [0.717, 1.165) is 11.1 Å². The van der Waals surface area contributed by atoms with Crippen molar-refractivity contribution in [1.29, 1.82) is 0 Å². The summed E-state index contributed by atoms with van der Waals surface area (Å²) in [4.78, 5) is 37.9. The van der Waals surface area contributed by atoms with Gasteiger partial charge in [0.05, 0.1) is 6.04 Å². The van der Waals surface area contributed by atoms with Crippen LogP contribution in [0.1, 0.15) is 16.7 Å². The lowest BCUT2D eigenvalue weighted by Gasteiger charge is -2.23. The van der Waals surface area contributed by atoms with Gasteiger partial charge in [-0.1, -0.05) is 66.7 Å². The minimum absolute atomic E-state index is 0.128. The zero-order chi connectivity index (χ0) is 26.1. The molecule has 0 heterocycles. The number of nitrogens with two attached hydrogens (primary N) is 1. The second kappa shape index (κ2) is 12.4. The number of nitrogens with one attached hydrogen (secondary N) is 2. The Bertz CT molecular complexity index is 1190. The van der Waals surface area contributed by atoms with Crippen LogP contribution in [-0.4, -0.2) is 51.2 Å². The number of aromatic hydroxyl groups is 2. The van der Waals surface area contributed by atoms with Gasteiger partial charge < -0.3 is 31.7 Å². The fourth-order valence-electron chi connectivity index (χ4n) is 3.70. The predicted molar refractivity (Wildman–Crippen MR) is 133 cm³/mol. The zero-order valence-electron chi connectivity index (χ0n) is 19.5. The third kappa shape index (κ3) is 7.57. The number of phenolic OH excluding ortho intramolecular Hbond substituents is 2. The van der Waals surface area contributed by atoms with Crippen molar-refractivity contribution >= 4 is 17.8 Å². The Morgan fingerprint density at radius 2 is 1.19 bits per heavy atom. The Morgan fingerprint density at radius 3 is 1.75 bits per heavy atom. The summed E-state index contributed by atoms with van der Waals surface area (Å²) in [6, 6.07) is 18.8. The Kier molecular flexibility index (Phi) is 9.01. The molecule has 0 saturated carbocycles. The number of rotatable bonds is 11. The summed E-state index contributed by atoms with van der Waals surface area (Å²) >= 11 is 0. The van der Waals surface area contributed by atoms with Gasteiger partial charge in [-0.3, -0.25) is 9.59 Å². The third-order valence-corrected chi connectivity index (χ3v) is 5.65. The molecule has 0 aliphatic carbocycles. The summed E-state index contributed by atoms with van der Waals surface area (Å²) in [5, 5.41) is 34.0. The minimum atomic E-state index is -1.34. The van der Waals surface area contributed by atoms with Crippen LogP contribution in [0.4, 0.5) is 0 Å². The van der Waals surface area contributed by atoms with Crippen molar-refractivity contribution in [2.45, 2.75) is 37.4 Å². The number of hydrogen-bond acceptors (Lipinski definition) is 6. The molecule has 0 aliphatic rings. The molecule has 0 unspecified atom stereocenters. The topological polar surface area (TPSA) is 162 Å². The van der Waals surface area contributed by atoms with Crippen LogP contribution in [-0.2, 0) is 33.6 Å². The van der Waals surface area contributed by atoms with E-state index in [9.17, 15) is 29.7 Å². The molecule has 7 N–H and O–H groups in total. The van der Waals surface area contributed by atoms with Gasteiger partial charge in [-0.15, -0.1) is 0 Å². The van der Waals surface area contributed by atoms with Gasteiger partial charge in [-0.25, -0.2) is 4.79 Å². The number of amides is 2. The highest BCUT2D eigenvalue weighted by Crippen LogP contribution is 2.25. The number of carboxylic acid groups (broad SMARTS) is 1. The number of carboxylic acids is 1. The van der Waals surface area contributed by atoms with Gasteiger partial charge in [0.2, 0.25) is 11.8 Å². The molecule has 36 heavy (non-hydrogen) atoms. The Hall–Kier alpha value is -4.37. The van der Waals surface area contributed by atoms with Crippen LogP contribution in [0, 0.1) is 0 Å². The summed E-state index contributed by atoms with van der Waals surface area (Å²) < 4.78 is 0. The van der Waals surface area contributed by atoms with Gasteiger partial charge >= 0.3 is 5.97 Å². The van der Waals surface area contributed by atoms with Crippen LogP contribution in [0.3, 0.4) is 0 Å². The number of benzene rings is 3. The Labute approximate surface area is 208 Å². The van der Waals surface area contributed by atoms with Crippen molar-refractivity contribution < 1.29 is 29.7 Å². The Balaban J connectivity index is 1.74. The molecule has 3 rings (SSSR count). The molecule has 3 atom stereocenters. The van der Waals surface area contributed by atoms with Gasteiger partial charge in [0.25, 0.3) is 0 Å². The summed E-state index contributed by atoms with van der Waals surface area (Å²) in [6.07, 6.45) is 0.256. The molecule has 0 radical (unpaired) electrons. The fourth-order valence-corrected chi connectivity index (χ4v) is 3.70. The van der Waals surface area contributed by atoms with E-state index < -0.39 is 41.7 Å². The van der Waals surface area contributed by atoms with Crippen molar-refractivity contribution in [2.24, 2.45) is 5.73 Å². The molecule has 3 aromatic rings.